The molecular weight excluding hydrogens is 322 g/mol. The summed E-state index contributed by atoms with van der Waals surface area (Å²) in [6.45, 7) is 0.139. The average Bonchev–Trinajstić information content (AvgIpc) is 3.31. The van der Waals surface area contributed by atoms with Gasteiger partial charge in [-0.15, -0.1) is 0 Å². The van der Waals surface area contributed by atoms with Crippen molar-refractivity contribution in [2.75, 3.05) is 11.9 Å². The lowest BCUT2D eigenvalue weighted by Crippen LogP contribution is -2.28. The zero-order valence-electron chi connectivity index (χ0n) is 13.5. The molecule has 8 heteroatoms. The van der Waals surface area contributed by atoms with Crippen molar-refractivity contribution < 1.29 is 14.4 Å². The number of nitrogens with zero attached hydrogens (tertiary/aromatic N) is 1. The normalized spacial score (nSPS) is 13.3. The maximum Gasteiger partial charge on any atom is 0.276 e. The minimum atomic E-state index is -0.494. The zero-order chi connectivity index (χ0) is 17.8. The second-order valence-corrected chi connectivity index (χ2v) is 5.95. The Morgan fingerprint density at radius 3 is 2.68 bits per heavy atom. The molecule has 8 nitrogen and oxygen atoms in total. The number of nitrogens with two attached hydrogens (primary N) is 1. The fourth-order valence-corrected chi connectivity index (χ4v) is 2.43. The number of rotatable bonds is 7. The number of nitrogens with one attached hydrogen (secondary N) is 3. The van der Waals surface area contributed by atoms with E-state index < -0.39 is 11.8 Å². The number of anilines is 1. The molecular formula is C17H19N5O3. The van der Waals surface area contributed by atoms with Gasteiger partial charge in [-0.25, -0.2) is 0 Å². The van der Waals surface area contributed by atoms with Crippen molar-refractivity contribution >= 4 is 23.4 Å². The van der Waals surface area contributed by atoms with E-state index in [0.29, 0.717) is 17.2 Å². The standard InChI is InChI=1S/C17H19N5O3/c18-15(23)7-8-19-16(24)11-3-1-2-4-12(11)20-17(25)14-9-13(21-22-14)10-5-6-10/h1-4,9-10H,5-8H2,(H2,18,23)(H,19,24)(H,20,25)(H,21,22). The van der Waals surface area contributed by atoms with E-state index in [4.69, 9.17) is 5.73 Å². The molecule has 0 saturated heterocycles. The SMILES string of the molecule is NC(=O)CCNC(=O)c1ccccc1NC(=O)c1cc(C2CC2)[nH]n1. The highest BCUT2D eigenvalue weighted by Gasteiger charge is 2.26. The van der Waals surface area contributed by atoms with Crippen LogP contribution in [0, 0.1) is 0 Å². The molecule has 1 heterocycles. The Labute approximate surface area is 144 Å². The van der Waals surface area contributed by atoms with Gasteiger partial charge >= 0.3 is 0 Å². The molecule has 0 unspecified atom stereocenters. The van der Waals surface area contributed by atoms with Gasteiger partial charge in [-0.2, -0.15) is 5.10 Å². The molecule has 1 saturated carbocycles. The lowest BCUT2D eigenvalue weighted by Gasteiger charge is -2.10. The van der Waals surface area contributed by atoms with Gasteiger partial charge in [0.25, 0.3) is 11.8 Å². The summed E-state index contributed by atoms with van der Waals surface area (Å²) in [5.74, 6) is -0.803. The number of amides is 3. The Bertz CT molecular complexity index is 810. The first-order valence-corrected chi connectivity index (χ1v) is 8.07. The molecule has 0 bridgehead atoms. The van der Waals surface area contributed by atoms with Crippen LogP contribution in [0.1, 0.15) is 51.7 Å². The number of benzene rings is 1. The summed E-state index contributed by atoms with van der Waals surface area (Å²) in [6, 6.07) is 8.38. The number of hydrogen-bond donors (Lipinski definition) is 4. The summed E-state index contributed by atoms with van der Waals surface area (Å²) in [4.78, 5) is 35.3. The molecule has 3 rings (SSSR count). The van der Waals surface area contributed by atoms with Gasteiger partial charge < -0.3 is 16.4 Å². The predicted octanol–water partition coefficient (Wildman–Crippen LogP) is 1.14. The molecule has 1 fully saturated rings. The highest BCUT2D eigenvalue weighted by atomic mass is 16.2. The molecule has 3 amide bonds. The number of aromatic nitrogens is 2. The predicted molar refractivity (Wildman–Crippen MR) is 91.1 cm³/mol. The van der Waals surface area contributed by atoms with E-state index in [2.05, 4.69) is 20.8 Å². The van der Waals surface area contributed by atoms with E-state index in [1.807, 2.05) is 0 Å². The van der Waals surface area contributed by atoms with Crippen LogP contribution in [0.3, 0.4) is 0 Å². The molecule has 5 N–H and O–H groups in total. The van der Waals surface area contributed by atoms with E-state index in [0.717, 1.165) is 18.5 Å². The van der Waals surface area contributed by atoms with Gasteiger partial charge in [-0.1, -0.05) is 12.1 Å². The second-order valence-electron chi connectivity index (χ2n) is 5.95. The minimum Gasteiger partial charge on any atom is -0.370 e. The number of H-pyrrole nitrogens is 1. The van der Waals surface area contributed by atoms with Gasteiger partial charge in [0.1, 0.15) is 0 Å². The van der Waals surface area contributed by atoms with E-state index in [-0.39, 0.29) is 24.6 Å². The Balaban J connectivity index is 1.68. The van der Waals surface area contributed by atoms with Crippen molar-refractivity contribution in [2.24, 2.45) is 5.73 Å². The largest absolute Gasteiger partial charge is 0.370 e. The van der Waals surface area contributed by atoms with Crippen LogP contribution >= 0.6 is 0 Å². The van der Waals surface area contributed by atoms with Crippen molar-refractivity contribution in [3.05, 3.63) is 47.3 Å². The van der Waals surface area contributed by atoms with Gasteiger partial charge in [0.05, 0.1) is 11.3 Å². The molecule has 1 aliphatic rings. The Hall–Kier alpha value is -3.16. The fraction of sp³-hybridized carbons (Fsp3) is 0.294. The molecule has 1 aliphatic carbocycles. The van der Waals surface area contributed by atoms with Crippen LogP contribution < -0.4 is 16.4 Å². The quantitative estimate of drug-likeness (QED) is 0.601. The van der Waals surface area contributed by atoms with E-state index in [9.17, 15) is 14.4 Å². The first kappa shape index (κ1) is 16.7. The van der Waals surface area contributed by atoms with Crippen molar-refractivity contribution in [3.63, 3.8) is 0 Å². The number of aromatic amines is 1. The Morgan fingerprint density at radius 1 is 1.20 bits per heavy atom. The first-order chi connectivity index (χ1) is 12.0. The molecule has 0 aliphatic heterocycles. The van der Waals surface area contributed by atoms with Crippen molar-refractivity contribution in [2.45, 2.75) is 25.2 Å². The molecule has 0 radical (unpaired) electrons. The van der Waals surface area contributed by atoms with Crippen LogP contribution in [-0.2, 0) is 4.79 Å². The number of hydrogen-bond acceptors (Lipinski definition) is 4. The van der Waals surface area contributed by atoms with E-state index >= 15 is 0 Å². The summed E-state index contributed by atoms with van der Waals surface area (Å²) < 4.78 is 0. The van der Waals surface area contributed by atoms with Crippen molar-refractivity contribution in [1.82, 2.24) is 15.5 Å². The van der Waals surface area contributed by atoms with Gasteiger partial charge in [0, 0.05) is 24.6 Å². The van der Waals surface area contributed by atoms with Crippen LogP contribution in [0.5, 0.6) is 0 Å². The summed E-state index contributed by atoms with van der Waals surface area (Å²) in [5, 5.41) is 12.2. The van der Waals surface area contributed by atoms with Gasteiger partial charge in [-0.05, 0) is 31.0 Å². The van der Waals surface area contributed by atoms with Crippen molar-refractivity contribution in [1.29, 1.82) is 0 Å². The fourth-order valence-electron chi connectivity index (χ4n) is 2.43. The lowest BCUT2D eigenvalue weighted by molar-refractivity contribution is -0.117. The second kappa shape index (κ2) is 7.16. The number of primary amides is 1. The average molecular weight is 341 g/mol. The third kappa shape index (κ3) is 4.23. The summed E-state index contributed by atoms with van der Waals surface area (Å²) >= 11 is 0. The highest BCUT2D eigenvalue weighted by molar-refractivity contribution is 6.08. The van der Waals surface area contributed by atoms with E-state index in [1.54, 1.807) is 30.3 Å². The number of carbonyl (C=O) groups is 3. The topological polar surface area (TPSA) is 130 Å². The molecule has 130 valence electrons. The van der Waals surface area contributed by atoms with E-state index in [1.165, 1.54) is 0 Å². The minimum absolute atomic E-state index is 0.0531. The highest BCUT2D eigenvalue weighted by Crippen LogP contribution is 2.39. The maximum atomic E-state index is 12.4. The monoisotopic (exact) mass is 341 g/mol. The van der Waals surface area contributed by atoms with Crippen LogP contribution in [0.15, 0.2) is 30.3 Å². The maximum absolute atomic E-state index is 12.4. The smallest absolute Gasteiger partial charge is 0.276 e. The molecule has 2 aromatic rings. The number of para-hydroxylation sites is 1. The van der Waals surface area contributed by atoms with Crippen molar-refractivity contribution in [3.8, 4) is 0 Å². The van der Waals surface area contributed by atoms with Gasteiger partial charge in [0.2, 0.25) is 5.91 Å². The van der Waals surface area contributed by atoms with Crippen LogP contribution in [0.25, 0.3) is 0 Å². The van der Waals surface area contributed by atoms with Crippen LogP contribution in [0.2, 0.25) is 0 Å². The summed E-state index contributed by atoms with van der Waals surface area (Å²) in [5.41, 5.74) is 6.97. The molecule has 0 atom stereocenters. The molecule has 1 aromatic carbocycles. The zero-order valence-corrected chi connectivity index (χ0v) is 13.5. The Morgan fingerprint density at radius 2 is 1.96 bits per heavy atom. The van der Waals surface area contributed by atoms with Gasteiger partial charge in [0.15, 0.2) is 5.69 Å². The third-order valence-electron chi connectivity index (χ3n) is 3.92. The van der Waals surface area contributed by atoms with Crippen LogP contribution in [0.4, 0.5) is 5.69 Å². The van der Waals surface area contributed by atoms with Crippen LogP contribution in [-0.4, -0.2) is 34.5 Å². The molecule has 0 spiro atoms. The summed E-state index contributed by atoms with van der Waals surface area (Å²) in [6.07, 6.45) is 2.27. The molecule has 25 heavy (non-hydrogen) atoms. The van der Waals surface area contributed by atoms with Gasteiger partial charge in [-0.3, -0.25) is 19.5 Å². The molecule has 1 aromatic heterocycles. The Kier molecular flexibility index (Phi) is 4.78. The summed E-state index contributed by atoms with van der Waals surface area (Å²) in [7, 11) is 0. The number of carbonyl (C=O) groups excluding carboxylic acids is 3. The lowest BCUT2D eigenvalue weighted by atomic mass is 10.1. The third-order valence-corrected chi connectivity index (χ3v) is 3.92. The first-order valence-electron chi connectivity index (χ1n) is 8.07.